The first-order valence-electron chi connectivity index (χ1n) is 10.3. The summed E-state index contributed by atoms with van der Waals surface area (Å²) >= 11 is 1.11. The number of fused-ring (bicyclic) bond motifs is 1. The number of aromatic nitrogens is 2. The Kier molecular flexibility index (Phi) is 6.30. The van der Waals surface area contributed by atoms with Gasteiger partial charge in [0.25, 0.3) is 0 Å². The van der Waals surface area contributed by atoms with Crippen LogP contribution in [0.3, 0.4) is 0 Å². The van der Waals surface area contributed by atoms with Gasteiger partial charge in [0.1, 0.15) is 28.5 Å². The highest BCUT2D eigenvalue weighted by atomic mass is 32.2. The molecule has 4 N–H and O–H groups in total. The molecule has 8 heteroatoms. The second-order valence-corrected chi connectivity index (χ2v) is 8.28. The van der Waals surface area contributed by atoms with Crippen molar-refractivity contribution in [2.24, 2.45) is 0 Å². The van der Waals surface area contributed by atoms with Gasteiger partial charge in [-0.15, -0.1) is 0 Å². The monoisotopic (exact) mass is 452 g/mol. The Morgan fingerprint density at radius 2 is 1.88 bits per heavy atom. The number of anilines is 2. The van der Waals surface area contributed by atoms with Crippen molar-refractivity contribution in [2.75, 3.05) is 16.8 Å². The van der Waals surface area contributed by atoms with E-state index in [9.17, 15) is 15.3 Å². The maximum atomic E-state index is 12.6. The Morgan fingerprint density at radius 3 is 2.58 bits per heavy atom. The average molecular weight is 453 g/mol. The normalized spacial score (nSPS) is 10.5. The fourth-order valence-corrected chi connectivity index (χ4v) is 4.35. The van der Waals surface area contributed by atoms with Gasteiger partial charge in [0.15, 0.2) is 0 Å². The van der Waals surface area contributed by atoms with Gasteiger partial charge in [-0.3, -0.25) is 4.79 Å². The minimum absolute atomic E-state index is 0.0317. The highest BCUT2D eigenvalue weighted by Gasteiger charge is 2.21. The molecule has 2 aromatic carbocycles. The van der Waals surface area contributed by atoms with E-state index in [4.69, 9.17) is 5.73 Å². The Labute approximate surface area is 195 Å². The molecule has 0 unspecified atom stereocenters. The SMILES string of the molecule is CCc1ccc(-c2c(C#N)c(N)nc(SCC(=O)Nc3ccc4cc[nH]c4c3)c2C#N)cc1. The third-order valence-electron chi connectivity index (χ3n) is 5.25. The van der Waals surface area contributed by atoms with E-state index in [-0.39, 0.29) is 28.6 Å². The zero-order chi connectivity index (χ0) is 23.4. The van der Waals surface area contributed by atoms with E-state index < -0.39 is 0 Å². The van der Waals surface area contributed by atoms with E-state index in [0.717, 1.165) is 34.6 Å². The number of H-pyrrole nitrogens is 1. The van der Waals surface area contributed by atoms with Gasteiger partial charge < -0.3 is 16.0 Å². The number of nitriles is 2. The van der Waals surface area contributed by atoms with Crippen molar-refractivity contribution in [3.8, 4) is 23.3 Å². The number of benzene rings is 2. The van der Waals surface area contributed by atoms with Gasteiger partial charge in [-0.2, -0.15) is 10.5 Å². The zero-order valence-electron chi connectivity index (χ0n) is 17.8. The Balaban J connectivity index is 1.60. The number of rotatable bonds is 6. The van der Waals surface area contributed by atoms with Crippen LogP contribution >= 0.6 is 11.8 Å². The number of hydrogen-bond acceptors (Lipinski definition) is 6. The molecular weight excluding hydrogens is 432 g/mol. The maximum Gasteiger partial charge on any atom is 0.234 e. The summed E-state index contributed by atoms with van der Waals surface area (Å²) in [5, 5.41) is 23.8. The van der Waals surface area contributed by atoms with Crippen molar-refractivity contribution in [2.45, 2.75) is 18.4 Å². The summed E-state index contributed by atoms with van der Waals surface area (Å²) in [7, 11) is 0. The van der Waals surface area contributed by atoms with Crippen molar-refractivity contribution < 1.29 is 4.79 Å². The van der Waals surface area contributed by atoms with Gasteiger partial charge in [-0.25, -0.2) is 4.98 Å². The molecule has 0 bridgehead atoms. The van der Waals surface area contributed by atoms with Crippen LogP contribution in [-0.2, 0) is 11.2 Å². The molecule has 162 valence electrons. The molecule has 0 aliphatic rings. The summed E-state index contributed by atoms with van der Waals surface area (Å²) in [5.41, 5.74) is 10.3. The van der Waals surface area contributed by atoms with Gasteiger partial charge in [0, 0.05) is 23.0 Å². The molecule has 0 radical (unpaired) electrons. The standard InChI is InChI=1S/C25H20N6OS/c1-2-15-3-5-17(6-4-15)23-19(12-26)24(28)31-25(20(23)13-27)33-14-22(32)30-18-8-7-16-9-10-29-21(16)11-18/h3-11,29H,2,14H2,1H3,(H2,28,31)(H,30,32). The fraction of sp³-hybridized carbons (Fsp3) is 0.120. The smallest absolute Gasteiger partial charge is 0.234 e. The second kappa shape index (κ2) is 9.47. The van der Waals surface area contributed by atoms with Crippen LogP contribution in [0.5, 0.6) is 0 Å². The number of aromatic amines is 1. The number of amides is 1. The Hall–Kier alpha value is -4.27. The highest BCUT2D eigenvalue weighted by Crippen LogP contribution is 2.35. The van der Waals surface area contributed by atoms with Crippen molar-refractivity contribution in [3.05, 3.63) is 71.4 Å². The van der Waals surface area contributed by atoms with Crippen molar-refractivity contribution in [1.29, 1.82) is 10.5 Å². The largest absolute Gasteiger partial charge is 0.383 e. The second-order valence-electron chi connectivity index (χ2n) is 7.32. The first kappa shape index (κ1) is 21.9. The molecule has 0 aliphatic carbocycles. The summed E-state index contributed by atoms with van der Waals surface area (Å²) in [6, 6.07) is 19.4. The first-order valence-corrected chi connectivity index (χ1v) is 11.2. The molecule has 0 saturated carbocycles. The van der Waals surface area contributed by atoms with E-state index in [1.165, 1.54) is 0 Å². The lowest BCUT2D eigenvalue weighted by molar-refractivity contribution is -0.113. The molecule has 0 fully saturated rings. The van der Waals surface area contributed by atoms with Crippen LogP contribution in [0.1, 0.15) is 23.6 Å². The third kappa shape index (κ3) is 4.52. The van der Waals surface area contributed by atoms with Crippen LogP contribution in [0.15, 0.2) is 59.8 Å². The van der Waals surface area contributed by atoms with Gasteiger partial charge in [0.05, 0.1) is 11.3 Å². The molecule has 33 heavy (non-hydrogen) atoms. The quantitative estimate of drug-likeness (QED) is 0.358. The van der Waals surface area contributed by atoms with Gasteiger partial charge in [0.2, 0.25) is 5.91 Å². The minimum Gasteiger partial charge on any atom is -0.383 e. The number of aryl methyl sites for hydroxylation is 1. The fourth-order valence-electron chi connectivity index (χ4n) is 3.55. The summed E-state index contributed by atoms with van der Waals surface area (Å²) in [6.45, 7) is 2.05. The molecule has 7 nitrogen and oxygen atoms in total. The first-order chi connectivity index (χ1) is 16.0. The van der Waals surface area contributed by atoms with Crippen molar-refractivity contribution >= 4 is 40.1 Å². The molecule has 1 amide bonds. The number of pyridine rings is 1. The van der Waals surface area contributed by atoms with Crippen LogP contribution in [0.4, 0.5) is 11.5 Å². The topological polar surface area (TPSA) is 131 Å². The Morgan fingerprint density at radius 1 is 1.12 bits per heavy atom. The summed E-state index contributed by atoms with van der Waals surface area (Å²) < 4.78 is 0. The van der Waals surface area contributed by atoms with Crippen LogP contribution in [0.25, 0.3) is 22.0 Å². The third-order valence-corrected chi connectivity index (χ3v) is 6.22. The van der Waals surface area contributed by atoms with Crippen molar-refractivity contribution in [3.63, 3.8) is 0 Å². The number of carbonyl (C=O) groups is 1. The number of nitrogens with zero attached hydrogens (tertiary/aromatic N) is 3. The number of hydrogen-bond donors (Lipinski definition) is 3. The lowest BCUT2D eigenvalue weighted by atomic mass is 9.96. The molecule has 0 spiro atoms. The molecule has 2 heterocycles. The van der Waals surface area contributed by atoms with Crippen LogP contribution in [-0.4, -0.2) is 21.6 Å². The summed E-state index contributed by atoms with van der Waals surface area (Å²) in [4.78, 5) is 19.9. The molecule has 2 aromatic heterocycles. The average Bonchev–Trinajstić information content (AvgIpc) is 3.30. The lowest BCUT2D eigenvalue weighted by Crippen LogP contribution is -2.14. The van der Waals surface area contributed by atoms with E-state index in [0.29, 0.717) is 21.8 Å². The minimum atomic E-state index is -0.242. The number of nitrogen functional groups attached to an aromatic ring is 1. The van der Waals surface area contributed by atoms with Crippen LogP contribution < -0.4 is 11.1 Å². The zero-order valence-corrected chi connectivity index (χ0v) is 18.7. The van der Waals surface area contributed by atoms with E-state index in [2.05, 4.69) is 34.3 Å². The highest BCUT2D eigenvalue weighted by molar-refractivity contribution is 8.00. The van der Waals surface area contributed by atoms with Crippen LogP contribution in [0, 0.1) is 22.7 Å². The molecular formula is C25H20N6OS. The van der Waals surface area contributed by atoms with Crippen molar-refractivity contribution in [1.82, 2.24) is 9.97 Å². The van der Waals surface area contributed by atoms with E-state index in [1.807, 2.05) is 54.7 Å². The molecule has 0 saturated heterocycles. The number of thioether (sulfide) groups is 1. The molecule has 4 aromatic rings. The predicted octanol–water partition coefficient (Wildman–Crippen LogP) is 4.85. The van der Waals surface area contributed by atoms with Crippen LogP contribution in [0.2, 0.25) is 0 Å². The number of nitrogens with one attached hydrogen (secondary N) is 2. The number of nitrogens with two attached hydrogens (primary N) is 1. The van der Waals surface area contributed by atoms with E-state index >= 15 is 0 Å². The lowest BCUT2D eigenvalue weighted by Gasteiger charge is -2.13. The predicted molar refractivity (Wildman–Crippen MR) is 131 cm³/mol. The van der Waals surface area contributed by atoms with E-state index in [1.54, 1.807) is 0 Å². The Bertz CT molecular complexity index is 1430. The van der Waals surface area contributed by atoms with Gasteiger partial charge in [-0.05, 0) is 41.1 Å². The molecule has 0 aliphatic heterocycles. The number of carbonyl (C=O) groups excluding carboxylic acids is 1. The van der Waals surface area contributed by atoms with Gasteiger partial charge in [-0.1, -0.05) is 49.0 Å². The molecule has 0 atom stereocenters. The van der Waals surface area contributed by atoms with Gasteiger partial charge >= 0.3 is 0 Å². The molecule has 4 rings (SSSR count). The maximum absolute atomic E-state index is 12.6. The summed E-state index contributed by atoms with van der Waals surface area (Å²) in [6.07, 6.45) is 2.71. The summed E-state index contributed by atoms with van der Waals surface area (Å²) in [5.74, 6) is -0.177.